The third-order valence-corrected chi connectivity index (χ3v) is 10.6. The number of nitrogens with two attached hydrogens (primary N) is 1. The lowest BCUT2D eigenvalue weighted by atomic mass is 10.1. The first kappa shape index (κ1) is 56.4. The number of amidine groups is 1. The Kier molecular flexibility index (Phi) is 24.5. The van der Waals surface area contributed by atoms with Crippen LogP contribution < -0.4 is 27.3 Å². The number of methoxy groups -OCH3 is 1. The van der Waals surface area contributed by atoms with Crippen LogP contribution in [0.3, 0.4) is 0 Å². The highest BCUT2D eigenvalue weighted by atomic mass is 16.6. The van der Waals surface area contributed by atoms with E-state index in [0.29, 0.717) is 134 Å². The Morgan fingerprint density at radius 3 is 2.01 bits per heavy atom. The van der Waals surface area contributed by atoms with Gasteiger partial charge in [-0.05, 0) is 110 Å². The predicted octanol–water partition coefficient (Wildman–Crippen LogP) is 5.48. The van der Waals surface area contributed by atoms with E-state index in [4.69, 9.17) is 39.6 Å². The van der Waals surface area contributed by atoms with Crippen molar-refractivity contribution < 1.29 is 52.7 Å². The van der Waals surface area contributed by atoms with E-state index >= 15 is 0 Å². The molecule has 5 aromatic rings. The molecular formula is C52H66N10O11. The van der Waals surface area contributed by atoms with E-state index in [1.807, 2.05) is 29.7 Å². The molecule has 0 fully saturated rings. The molecule has 0 atom stereocenters. The number of aryl methyl sites for hydroxylation is 1. The van der Waals surface area contributed by atoms with Crippen LogP contribution in [-0.4, -0.2) is 137 Å². The Balaban J connectivity index is 0.818. The fourth-order valence-corrected chi connectivity index (χ4v) is 6.85. The van der Waals surface area contributed by atoms with Crippen LogP contribution in [0, 0.1) is 5.41 Å². The maximum absolute atomic E-state index is 13.0. The van der Waals surface area contributed by atoms with E-state index < -0.39 is 11.8 Å². The number of benzene rings is 4. The SMILES string of the molecule is CCCn1/c(=N/C(=O)c2cccc(C(N)=O)c2)[nH]c2ccc(/C=C/C(=O)NCCCOCCOCCOCCOCCOCCCNC(=O)c3ccc(/N=N/c4cc(CCNC(=N)OC)ccc4O)cc3)cc21. The number of phenols is 1. The summed E-state index contributed by atoms with van der Waals surface area (Å²) >= 11 is 0. The molecule has 0 unspecified atom stereocenters. The summed E-state index contributed by atoms with van der Waals surface area (Å²) in [6.07, 6.45) is 5.87. The zero-order valence-corrected chi connectivity index (χ0v) is 41.4. The van der Waals surface area contributed by atoms with Gasteiger partial charge in [0.25, 0.3) is 17.8 Å². The van der Waals surface area contributed by atoms with Crippen molar-refractivity contribution in [2.75, 3.05) is 92.8 Å². The van der Waals surface area contributed by atoms with Gasteiger partial charge in [-0.1, -0.05) is 25.1 Å². The number of aromatic nitrogens is 2. The summed E-state index contributed by atoms with van der Waals surface area (Å²) in [6, 6.07) is 23.5. The number of aromatic amines is 1. The number of aromatic hydroxyl groups is 1. The summed E-state index contributed by atoms with van der Waals surface area (Å²) in [6.45, 7) is 8.35. The lowest BCUT2D eigenvalue weighted by Gasteiger charge is -2.08. The molecule has 4 aromatic carbocycles. The Hall–Kier alpha value is -7.56. The van der Waals surface area contributed by atoms with E-state index in [2.05, 4.69) is 36.2 Å². The Morgan fingerprint density at radius 1 is 0.726 bits per heavy atom. The van der Waals surface area contributed by atoms with E-state index in [0.717, 1.165) is 28.6 Å². The minimum Gasteiger partial charge on any atom is -0.506 e. The lowest BCUT2D eigenvalue weighted by Crippen LogP contribution is -2.25. The quantitative estimate of drug-likeness (QED) is 0.00928. The van der Waals surface area contributed by atoms with Crippen LogP contribution in [0.25, 0.3) is 17.1 Å². The van der Waals surface area contributed by atoms with Crippen molar-refractivity contribution in [2.24, 2.45) is 21.0 Å². The Morgan fingerprint density at radius 2 is 1.37 bits per heavy atom. The summed E-state index contributed by atoms with van der Waals surface area (Å²) in [4.78, 5) is 57.1. The maximum Gasteiger partial charge on any atom is 0.281 e. The monoisotopic (exact) mass is 1010 g/mol. The minimum atomic E-state index is -0.625. The molecule has 1 heterocycles. The molecule has 0 bridgehead atoms. The molecular weight excluding hydrogens is 941 g/mol. The molecule has 0 aliphatic rings. The predicted molar refractivity (Wildman–Crippen MR) is 274 cm³/mol. The minimum absolute atomic E-state index is 0.00776. The molecule has 0 spiro atoms. The second-order valence-corrected chi connectivity index (χ2v) is 16.2. The van der Waals surface area contributed by atoms with Gasteiger partial charge < -0.3 is 64.8 Å². The first-order valence-electron chi connectivity index (χ1n) is 24.1. The van der Waals surface area contributed by atoms with Gasteiger partial charge in [0, 0.05) is 62.2 Å². The van der Waals surface area contributed by atoms with Crippen molar-refractivity contribution in [1.82, 2.24) is 25.5 Å². The van der Waals surface area contributed by atoms with Gasteiger partial charge in [0.05, 0.1) is 76.7 Å². The zero-order chi connectivity index (χ0) is 52.0. The van der Waals surface area contributed by atoms with E-state index in [-0.39, 0.29) is 34.7 Å². The van der Waals surface area contributed by atoms with Gasteiger partial charge >= 0.3 is 0 Å². The van der Waals surface area contributed by atoms with Gasteiger partial charge in [-0.25, -0.2) is 0 Å². The number of azo groups is 1. The smallest absolute Gasteiger partial charge is 0.281 e. The molecule has 0 radical (unpaired) electrons. The average Bonchev–Trinajstić information content (AvgIpc) is 3.73. The lowest BCUT2D eigenvalue weighted by molar-refractivity contribution is -0.116. The fourth-order valence-electron chi connectivity index (χ4n) is 6.85. The van der Waals surface area contributed by atoms with Crippen LogP contribution in [0.15, 0.2) is 106 Å². The van der Waals surface area contributed by atoms with Crippen molar-refractivity contribution in [3.63, 3.8) is 0 Å². The Labute approximate surface area is 423 Å². The molecule has 21 nitrogen and oxygen atoms in total. The average molecular weight is 1010 g/mol. The first-order valence-corrected chi connectivity index (χ1v) is 24.1. The van der Waals surface area contributed by atoms with Crippen LogP contribution in [-0.2, 0) is 46.2 Å². The summed E-state index contributed by atoms with van der Waals surface area (Å²) in [5.74, 6) is -1.58. The number of primary amides is 1. The fraction of sp³-hybridized carbons (Fsp3) is 0.385. The van der Waals surface area contributed by atoms with Crippen molar-refractivity contribution in [3.8, 4) is 5.75 Å². The highest BCUT2D eigenvalue weighted by molar-refractivity contribution is 5.99. The summed E-state index contributed by atoms with van der Waals surface area (Å²) < 4.78 is 34.5. The second-order valence-electron chi connectivity index (χ2n) is 16.2. The number of fused-ring (bicyclic) bond motifs is 1. The number of ether oxygens (including phenoxy) is 6. The number of hydrogen-bond acceptors (Lipinski definition) is 14. The number of H-pyrrole nitrogens is 1. The number of nitrogens with one attached hydrogen (secondary N) is 5. The molecule has 0 aliphatic heterocycles. The van der Waals surface area contributed by atoms with Crippen molar-refractivity contribution in [1.29, 1.82) is 5.41 Å². The number of nitrogens with zero attached hydrogens (tertiary/aromatic N) is 4. The number of carbonyl (C=O) groups excluding carboxylic acids is 4. The van der Waals surface area contributed by atoms with Crippen LogP contribution in [0.1, 0.15) is 68.4 Å². The van der Waals surface area contributed by atoms with E-state index in [1.165, 1.54) is 19.3 Å². The van der Waals surface area contributed by atoms with E-state index in [9.17, 15) is 24.3 Å². The van der Waals surface area contributed by atoms with Gasteiger partial charge in [-0.2, -0.15) is 10.1 Å². The molecule has 0 aliphatic carbocycles. The van der Waals surface area contributed by atoms with Gasteiger partial charge in [-0.15, -0.1) is 5.11 Å². The highest BCUT2D eigenvalue weighted by Gasteiger charge is 2.12. The van der Waals surface area contributed by atoms with Gasteiger partial charge in [-0.3, -0.25) is 24.6 Å². The molecule has 73 heavy (non-hydrogen) atoms. The van der Waals surface area contributed by atoms with Crippen LogP contribution in [0.4, 0.5) is 11.4 Å². The van der Waals surface area contributed by atoms with Crippen molar-refractivity contribution in [2.45, 2.75) is 39.2 Å². The number of amides is 4. The summed E-state index contributed by atoms with van der Waals surface area (Å²) in [5.41, 5.74) is 10.9. The molecule has 21 heteroatoms. The molecule has 8 N–H and O–H groups in total. The zero-order valence-electron chi connectivity index (χ0n) is 41.4. The van der Waals surface area contributed by atoms with Crippen LogP contribution in [0.5, 0.6) is 5.75 Å². The molecule has 4 amide bonds. The molecule has 1 aromatic heterocycles. The van der Waals surface area contributed by atoms with Crippen LogP contribution in [0.2, 0.25) is 0 Å². The molecule has 5 rings (SSSR count). The molecule has 0 saturated heterocycles. The number of rotatable bonds is 32. The van der Waals surface area contributed by atoms with Crippen molar-refractivity contribution in [3.05, 3.63) is 124 Å². The summed E-state index contributed by atoms with van der Waals surface area (Å²) in [7, 11) is 1.42. The highest BCUT2D eigenvalue weighted by Crippen LogP contribution is 2.29. The van der Waals surface area contributed by atoms with E-state index in [1.54, 1.807) is 66.7 Å². The maximum atomic E-state index is 13.0. The van der Waals surface area contributed by atoms with Crippen molar-refractivity contribution >= 4 is 58.1 Å². The number of hydrogen-bond donors (Lipinski definition) is 7. The summed E-state index contributed by atoms with van der Waals surface area (Å²) in [5, 5.41) is 34.6. The Bertz CT molecular complexity index is 2700. The first-order chi connectivity index (χ1) is 35.5. The normalized spacial score (nSPS) is 11.7. The topological polar surface area (TPSA) is 288 Å². The number of phenolic OH excluding ortho intramolecular Hbond substituents is 1. The number of imidazole rings is 1. The van der Waals surface area contributed by atoms with Gasteiger partial charge in [0.2, 0.25) is 17.4 Å². The molecule has 0 saturated carbocycles. The third-order valence-electron chi connectivity index (χ3n) is 10.6. The standard InChI is InChI=1S/C52H66N10O11/c1-3-23-62-45-35-37(9-16-43(45)58-52(62)59-50(67)41-8-4-7-40(36-41)48(53)65)11-18-47(64)55-20-5-24-69-26-28-71-30-32-73-33-31-72-29-27-70-25-6-21-56-49(66)39-12-14-42(15-13-39)60-61-44-34-38(10-17-46(44)63)19-22-57-51(54)68-2/h4,7-18,34-36,63H,3,5-6,19-33H2,1-2H3,(H2,53,65)(H2,54,57)(H,55,64)(H,56,66)(H,58,59,67)/b18-11+,61-60+. The van der Waals surface area contributed by atoms with Gasteiger partial charge in [0.1, 0.15) is 11.4 Å². The van der Waals surface area contributed by atoms with Gasteiger partial charge in [0.15, 0.2) is 0 Å². The van der Waals surface area contributed by atoms with Crippen LogP contribution >= 0.6 is 0 Å². The number of carbonyl (C=O) groups is 4. The largest absolute Gasteiger partial charge is 0.506 e. The molecule has 390 valence electrons. The third kappa shape index (κ3) is 20.2. The second kappa shape index (κ2) is 31.7.